The number of halogens is 1. The zero-order valence-corrected chi connectivity index (χ0v) is 9.34. The molecule has 14 heavy (non-hydrogen) atoms. The molecule has 1 aromatic carbocycles. The lowest BCUT2D eigenvalue weighted by Gasteiger charge is -2.10. The second kappa shape index (κ2) is 5.23. The van der Waals surface area contributed by atoms with E-state index in [4.69, 9.17) is 22.1 Å². The standard InChI is InChI=1S/C11H16ClNO/c1-8-3-4-10(12)11(7-8)14-6-5-9(2)13/h3-4,7,9H,5-6,13H2,1-2H3. The minimum Gasteiger partial charge on any atom is -0.492 e. The first-order valence-corrected chi connectivity index (χ1v) is 5.12. The molecule has 0 heterocycles. The lowest BCUT2D eigenvalue weighted by Crippen LogP contribution is -2.18. The van der Waals surface area contributed by atoms with Crippen molar-refractivity contribution >= 4 is 11.6 Å². The van der Waals surface area contributed by atoms with Crippen LogP contribution in [0.15, 0.2) is 18.2 Å². The van der Waals surface area contributed by atoms with Gasteiger partial charge in [-0.1, -0.05) is 17.7 Å². The maximum atomic E-state index is 5.96. The van der Waals surface area contributed by atoms with E-state index in [2.05, 4.69) is 0 Å². The maximum absolute atomic E-state index is 5.96. The van der Waals surface area contributed by atoms with Crippen LogP contribution in [0.5, 0.6) is 5.75 Å². The van der Waals surface area contributed by atoms with Crippen molar-refractivity contribution in [2.75, 3.05) is 6.61 Å². The summed E-state index contributed by atoms with van der Waals surface area (Å²) in [7, 11) is 0. The molecule has 0 fully saturated rings. The lowest BCUT2D eigenvalue weighted by atomic mass is 10.2. The molecule has 3 heteroatoms. The van der Waals surface area contributed by atoms with Crippen molar-refractivity contribution in [1.82, 2.24) is 0 Å². The van der Waals surface area contributed by atoms with Gasteiger partial charge in [-0.05, 0) is 38.0 Å². The topological polar surface area (TPSA) is 35.2 Å². The first-order chi connectivity index (χ1) is 6.59. The molecule has 0 amide bonds. The van der Waals surface area contributed by atoms with Crippen LogP contribution in [0.25, 0.3) is 0 Å². The molecule has 2 N–H and O–H groups in total. The summed E-state index contributed by atoms with van der Waals surface area (Å²) in [6, 6.07) is 5.90. The van der Waals surface area contributed by atoms with E-state index in [1.54, 1.807) is 0 Å². The summed E-state index contributed by atoms with van der Waals surface area (Å²) < 4.78 is 5.52. The molecule has 0 saturated carbocycles. The number of hydrogen-bond donors (Lipinski definition) is 1. The smallest absolute Gasteiger partial charge is 0.138 e. The van der Waals surface area contributed by atoms with E-state index in [1.807, 2.05) is 32.0 Å². The molecule has 0 radical (unpaired) electrons. The number of benzene rings is 1. The van der Waals surface area contributed by atoms with Crippen molar-refractivity contribution in [3.05, 3.63) is 28.8 Å². The van der Waals surface area contributed by atoms with Gasteiger partial charge in [0, 0.05) is 6.04 Å². The molecule has 1 rings (SSSR count). The van der Waals surface area contributed by atoms with E-state index in [1.165, 1.54) is 0 Å². The van der Waals surface area contributed by atoms with Gasteiger partial charge >= 0.3 is 0 Å². The monoisotopic (exact) mass is 213 g/mol. The van der Waals surface area contributed by atoms with Crippen LogP contribution in [-0.4, -0.2) is 12.6 Å². The molecule has 0 saturated heterocycles. The fraction of sp³-hybridized carbons (Fsp3) is 0.455. The van der Waals surface area contributed by atoms with E-state index in [0.29, 0.717) is 11.6 Å². The van der Waals surface area contributed by atoms with Crippen LogP contribution in [-0.2, 0) is 0 Å². The Kier molecular flexibility index (Phi) is 4.23. The molecule has 1 atom stereocenters. The van der Waals surface area contributed by atoms with Gasteiger partial charge in [0.15, 0.2) is 0 Å². The average molecular weight is 214 g/mol. The molecule has 0 bridgehead atoms. The Balaban J connectivity index is 2.53. The fourth-order valence-corrected chi connectivity index (χ4v) is 1.25. The van der Waals surface area contributed by atoms with Crippen LogP contribution in [0.3, 0.4) is 0 Å². The minimum absolute atomic E-state index is 0.165. The Morgan fingerprint density at radius 3 is 2.86 bits per heavy atom. The SMILES string of the molecule is Cc1ccc(Cl)c(OCCC(C)N)c1. The third kappa shape index (κ3) is 3.56. The molecule has 1 unspecified atom stereocenters. The van der Waals surface area contributed by atoms with Gasteiger partial charge in [0.25, 0.3) is 0 Å². The van der Waals surface area contributed by atoms with E-state index in [-0.39, 0.29) is 6.04 Å². The average Bonchev–Trinajstić information content (AvgIpc) is 2.10. The molecule has 0 spiro atoms. The fourth-order valence-electron chi connectivity index (χ4n) is 1.08. The summed E-state index contributed by atoms with van der Waals surface area (Å²) >= 11 is 5.96. The molecular formula is C11H16ClNO. The van der Waals surface area contributed by atoms with E-state index >= 15 is 0 Å². The van der Waals surface area contributed by atoms with Crippen molar-refractivity contribution in [2.45, 2.75) is 26.3 Å². The van der Waals surface area contributed by atoms with Crippen molar-refractivity contribution in [1.29, 1.82) is 0 Å². The molecule has 0 aliphatic heterocycles. The van der Waals surface area contributed by atoms with Crippen LogP contribution < -0.4 is 10.5 Å². The predicted molar refractivity (Wildman–Crippen MR) is 60.0 cm³/mol. The van der Waals surface area contributed by atoms with Crippen molar-refractivity contribution < 1.29 is 4.74 Å². The van der Waals surface area contributed by atoms with Crippen LogP contribution in [0.1, 0.15) is 18.9 Å². The lowest BCUT2D eigenvalue weighted by molar-refractivity contribution is 0.301. The molecule has 78 valence electrons. The van der Waals surface area contributed by atoms with Gasteiger partial charge in [-0.25, -0.2) is 0 Å². The molecule has 0 aliphatic rings. The highest BCUT2D eigenvalue weighted by Gasteiger charge is 2.02. The summed E-state index contributed by atoms with van der Waals surface area (Å²) in [5, 5.41) is 0.653. The van der Waals surface area contributed by atoms with Crippen LogP contribution in [0.2, 0.25) is 5.02 Å². The number of ether oxygens (including phenoxy) is 1. The largest absolute Gasteiger partial charge is 0.492 e. The molecule has 0 aliphatic carbocycles. The Hall–Kier alpha value is -0.730. The molecular weight excluding hydrogens is 198 g/mol. The number of nitrogens with two attached hydrogens (primary N) is 1. The van der Waals surface area contributed by atoms with Gasteiger partial charge in [0.05, 0.1) is 11.6 Å². The molecule has 2 nitrogen and oxygen atoms in total. The highest BCUT2D eigenvalue weighted by Crippen LogP contribution is 2.25. The van der Waals surface area contributed by atoms with Gasteiger partial charge in [-0.2, -0.15) is 0 Å². The summed E-state index contributed by atoms with van der Waals surface area (Å²) in [5.74, 6) is 0.743. The molecule has 0 aromatic heterocycles. The van der Waals surface area contributed by atoms with Crippen molar-refractivity contribution in [3.63, 3.8) is 0 Å². The van der Waals surface area contributed by atoms with Gasteiger partial charge < -0.3 is 10.5 Å². The maximum Gasteiger partial charge on any atom is 0.138 e. The van der Waals surface area contributed by atoms with Gasteiger partial charge in [-0.3, -0.25) is 0 Å². The second-order valence-corrected chi connectivity index (χ2v) is 3.96. The first kappa shape index (κ1) is 11.3. The number of aryl methyl sites for hydroxylation is 1. The van der Waals surface area contributed by atoms with E-state index in [9.17, 15) is 0 Å². The third-order valence-electron chi connectivity index (χ3n) is 1.92. The van der Waals surface area contributed by atoms with Crippen LogP contribution in [0.4, 0.5) is 0 Å². The number of hydrogen-bond acceptors (Lipinski definition) is 2. The summed E-state index contributed by atoms with van der Waals surface area (Å²) in [4.78, 5) is 0. The predicted octanol–water partition coefficient (Wildman–Crippen LogP) is 2.76. The highest BCUT2D eigenvalue weighted by atomic mass is 35.5. The van der Waals surface area contributed by atoms with Crippen molar-refractivity contribution in [2.24, 2.45) is 5.73 Å². The minimum atomic E-state index is 0.165. The van der Waals surface area contributed by atoms with Gasteiger partial charge in [0.2, 0.25) is 0 Å². The second-order valence-electron chi connectivity index (χ2n) is 3.55. The zero-order chi connectivity index (χ0) is 10.6. The summed E-state index contributed by atoms with van der Waals surface area (Å²) in [6.45, 7) is 4.58. The third-order valence-corrected chi connectivity index (χ3v) is 2.23. The Labute approximate surface area is 90.0 Å². The van der Waals surface area contributed by atoms with Crippen molar-refractivity contribution in [3.8, 4) is 5.75 Å². The van der Waals surface area contributed by atoms with Crippen LogP contribution >= 0.6 is 11.6 Å². The zero-order valence-electron chi connectivity index (χ0n) is 8.59. The Morgan fingerprint density at radius 2 is 2.21 bits per heavy atom. The number of rotatable bonds is 4. The first-order valence-electron chi connectivity index (χ1n) is 4.74. The molecule has 1 aromatic rings. The summed E-state index contributed by atoms with van der Waals surface area (Å²) in [6.07, 6.45) is 0.838. The quantitative estimate of drug-likeness (QED) is 0.835. The van der Waals surface area contributed by atoms with Gasteiger partial charge in [0.1, 0.15) is 5.75 Å². The summed E-state index contributed by atoms with van der Waals surface area (Å²) in [5.41, 5.74) is 6.76. The van der Waals surface area contributed by atoms with E-state index in [0.717, 1.165) is 17.7 Å². The Bertz CT molecular complexity index is 299. The normalized spacial score (nSPS) is 12.6. The Morgan fingerprint density at radius 1 is 1.50 bits per heavy atom. The van der Waals surface area contributed by atoms with Gasteiger partial charge in [-0.15, -0.1) is 0 Å². The van der Waals surface area contributed by atoms with E-state index < -0.39 is 0 Å². The van der Waals surface area contributed by atoms with Crippen LogP contribution in [0, 0.1) is 6.92 Å². The highest BCUT2D eigenvalue weighted by molar-refractivity contribution is 6.32.